The quantitative estimate of drug-likeness (QED) is 0.508. The van der Waals surface area contributed by atoms with Gasteiger partial charge in [0.15, 0.2) is 0 Å². The van der Waals surface area contributed by atoms with Gasteiger partial charge in [-0.1, -0.05) is 77.2 Å². The van der Waals surface area contributed by atoms with Crippen LogP contribution < -0.4 is 10.6 Å². The number of hydrogen-bond donors (Lipinski definition) is 2. The van der Waals surface area contributed by atoms with Crippen molar-refractivity contribution >= 4 is 23.4 Å². The number of amides is 3. The van der Waals surface area contributed by atoms with Crippen LogP contribution in [0.4, 0.5) is 5.69 Å². The molecule has 7 heteroatoms. The van der Waals surface area contributed by atoms with Gasteiger partial charge in [0.05, 0.1) is 17.9 Å². The van der Waals surface area contributed by atoms with Crippen molar-refractivity contribution in [3.05, 3.63) is 42.0 Å². The number of ether oxygens (including phenoxy) is 1. The van der Waals surface area contributed by atoms with Crippen LogP contribution in [0.15, 0.2) is 36.4 Å². The Kier molecular flexibility index (Phi) is 7.07. The third-order valence-electron chi connectivity index (χ3n) is 10.1. The number of carbonyl (C=O) groups excluding carboxylic acids is 3. The molecular weight excluding hydrogens is 490 g/mol. The zero-order chi connectivity index (χ0) is 27.3. The minimum atomic E-state index is -1.09. The highest BCUT2D eigenvalue weighted by atomic mass is 16.5. The third-order valence-corrected chi connectivity index (χ3v) is 10.1. The van der Waals surface area contributed by atoms with Crippen LogP contribution in [0.5, 0.6) is 0 Å². The molecule has 5 unspecified atom stereocenters. The molecular formula is C32H43N3O4. The lowest BCUT2D eigenvalue weighted by Crippen LogP contribution is -2.59. The molecule has 5 aliphatic rings. The number of nitrogens with one attached hydrogen (secondary N) is 2. The number of anilines is 1. The third kappa shape index (κ3) is 4.51. The van der Waals surface area contributed by atoms with Gasteiger partial charge in [0.25, 0.3) is 0 Å². The average Bonchev–Trinajstić information content (AvgIpc) is 3.58. The number of hydrogen-bond acceptors (Lipinski definition) is 4. The molecule has 3 heterocycles. The summed E-state index contributed by atoms with van der Waals surface area (Å²) < 4.78 is 6.55. The summed E-state index contributed by atoms with van der Waals surface area (Å²) in [6, 6.07) is 7.26. The largest absolute Gasteiger partial charge is 0.359 e. The van der Waals surface area contributed by atoms with E-state index in [-0.39, 0.29) is 29.8 Å². The lowest BCUT2D eigenvalue weighted by Gasteiger charge is -2.40. The van der Waals surface area contributed by atoms with Crippen molar-refractivity contribution < 1.29 is 19.1 Å². The number of rotatable bonds is 6. The lowest BCUT2D eigenvalue weighted by molar-refractivity contribution is -0.145. The first-order valence-corrected chi connectivity index (χ1v) is 15.2. The van der Waals surface area contributed by atoms with Crippen molar-refractivity contribution in [1.82, 2.24) is 10.2 Å². The number of benzene rings is 1. The first-order valence-electron chi connectivity index (χ1n) is 15.2. The molecule has 3 amide bonds. The molecule has 2 saturated carbocycles. The summed E-state index contributed by atoms with van der Waals surface area (Å²) in [7, 11) is 0. The van der Waals surface area contributed by atoms with Gasteiger partial charge < -0.3 is 20.3 Å². The van der Waals surface area contributed by atoms with Gasteiger partial charge in [-0.05, 0) is 55.2 Å². The molecule has 3 aliphatic heterocycles. The fourth-order valence-corrected chi connectivity index (χ4v) is 7.93. The highest BCUT2D eigenvalue weighted by Crippen LogP contribution is 2.56. The van der Waals surface area contributed by atoms with E-state index in [0.717, 1.165) is 51.4 Å². The minimum Gasteiger partial charge on any atom is -0.359 e. The molecule has 6 rings (SSSR count). The molecule has 0 radical (unpaired) electrons. The highest BCUT2D eigenvalue weighted by Gasteiger charge is 2.73. The van der Waals surface area contributed by atoms with Gasteiger partial charge in [0.1, 0.15) is 11.6 Å². The summed E-state index contributed by atoms with van der Waals surface area (Å²) in [6.07, 6.45) is 12.7. The van der Waals surface area contributed by atoms with Crippen LogP contribution in [0.2, 0.25) is 0 Å². The minimum absolute atomic E-state index is 0.00842. The van der Waals surface area contributed by atoms with Crippen molar-refractivity contribution in [3.8, 4) is 0 Å². The Balaban J connectivity index is 1.29. The van der Waals surface area contributed by atoms with Crippen LogP contribution in [-0.4, -0.2) is 52.5 Å². The molecule has 7 atom stereocenters. The number of carbonyl (C=O) groups is 3. The Bertz CT molecular complexity index is 1140. The molecule has 2 bridgehead atoms. The Morgan fingerprint density at radius 1 is 0.974 bits per heavy atom. The maximum absolute atomic E-state index is 14.3. The predicted molar refractivity (Wildman–Crippen MR) is 150 cm³/mol. The molecule has 7 nitrogen and oxygen atoms in total. The topological polar surface area (TPSA) is 87.7 Å². The van der Waals surface area contributed by atoms with Gasteiger partial charge in [-0.3, -0.25) is 14.4 Å². The van der Waals surface area contributed by atoms with Crippen LogP contribution in [0, 0.1) is 17.8 Å². The molecule has 2 aliphatic carbocycles. The molecule has 1 aromatic rings. The first-order chi connectivity index (χ1) is 18.8. The lowest BCUT2D eigenvalue weighted by atomic mass is 9.74. The normalized spacial score (nSPS) is 35.9. The average molecular weight is 534 g/mol. The van der Waals surface area contributed by atoms with Crippen molar-refractivity contribution in [3.63, 3.8) is 0 Å². The van der Waals surface area contributed by atoms with Crippen molar-refractivity contribution in [2.75, 3.05) is 5.32 Å². The Hall–Kier alpha value is -2.67. The van der Waals surface area contributed by atoms with E-state index < -0.39 is 29.6 Å². The summed E-state index contributed by atoms with van der Waals surface area (Å²) in [5, 5.41) is 6.39. The van der Waals surface area contributed by atoms with E-state index in [1.807, 2.05) is 41.3 Å². The van der Waals surface area contributed by atoms with Crippen LogP contribution in [0.3, 0.4) is 0 Å². The maximum atomic E-state index is 14.3. The Labute approximate surface area is 232 Å². The van der Waals surface area contributed by atoms with Gasteiger partial charge in [-0.2, -0.15) is 0 Å². The molecule has 0 aromatic heterocycles. The first kappa shape index (κ1) is 26.5. The fourth-order valence-electron chi connectivity index (χ4n) is 7.93. The summed E-state index contributed by atoms with van der Waals surface area (Å²) >= 11 is 0. The van der Waals surface area contributed by atoms with E-state index in [1.165, 1.54) is 12.0 Å². The SMILES string of the molecule is CC(C)c1ccc(NC(=O)C2[C@@H]3C=CC4(O3)C(C(=O)NC3CCCCC3C)N(C3CCCCC3)C(=O)[C@H]24)cc1. The van der Waals surface area contributed by atoms with E-state index in [2.05, 4.69) is 31.4 Å². The van der Waals surface area contributed by atoms with E-state index in [4.69, 9.17) is 4.74 Å². The van der Waals surface area contributed by atoms with Crippen LogP contribution in [0.25, 0.3) is 0 Å². The highest BCUT2D eigenvalue weighted by molar-refractivity contribution is 6.03. The van der Waals surface area contributed by atoms with Crippen LogP contribution in [-0.2, 0) is 19.1 Å². The van der Waals surface area contributed by atoms with E-state index in [9.17, 15) is 14.4 Å². The molecule has 2 N–H and O–H groups in total. The zero-order valence-electron chi connectivity index (χ0n) is 23.5. The second kappa shape index (κ2) is 10.4. The van der Waals surface area contributed by atoms with Crippen LogP contribution in [0.1, 0.15) is 90.0 Å². The second-order valence-electron chi connectivity index (χ2n) is 12.9. The van der Waals surface area contributed by atoms with Gasteiger partial charge in [0.2, 0.25) is 17.7 Å². The van der Waals surface area contributed by atoms with E-state index in [0.29, 0.717) is 17.5 Å². The molecule has 2 saturated heterocycles. The number of nitrogens with zero attached hydrogens (tertiary/aromatic N) is 1. The summed E-state index contributed by atoms with van der Waals surface area (Å²) in [6.45, 7) is 6.48. The second-order valence-corrected chi connectivity index (χ2v) is 12.9. The smallest absolute Gasteiger partial charge is 0.246 e. The monoisotopic (exact) mass is 533 g/mol. The predicted octanol–water partition coefficient (Wildman–Crippen LogP) is 4.93. The zero-order valence-corrected chi connectivity index (χ0v) is 23.5. The molecule has 210 valence electrons. The Morgan fingerprint density at radius 2 is 1.67 bits per heavy atom. The van der Waals surface area contributed by atoms with Gasteiger partial charge in [0, 0.05) is 17.8 Å². The summed E-state index contributed by atoms with van der Waals surface area (Å²) in [5.74, 6) is -0.971. The Morgan fingerprint density at radius 3 is 2.36 bits per heavy atom. The van der Waals surface area contributed by atoms with E-state index >= 15 is 0 Å². The molecule has 1 aromatic carbocycles. The molecule has 4 fully saturated rings. The summed E-state index contributed by atoms with van der Waals surface area (Å²) in [5.41, 5.74) is 0.818. The van der Waals surface area contributed by atoms with Crippen molar-refractivity contribution in [1.29, 1.82) is 0 Å². The van der Waals surface area contributed by atoms with E-state index in [1.54, 1.807) is 0 Å². The number of likely N-dealkylation sites (tertiary alicyclic amines) is 1. The van der Waals surface area contributed by atoms with Gasteiger partial charge >= 0.3 is 0 Å². The fraction of sp³-hybridized carbons (Fsp3) is 0.656. The number of fused-ring (bicyclic) bond motifs is 1. The van der Waals surface area contributed by atoms with Crippen LogP contribution >= 0.6 is 0 Å². The van der Waals surface area contributed by atoms with Crippen molar-refractivity contribution in [2.24, 2.45) is 17.8 Å². The van der Waals surface area contributed by atoms with Crippen molar-refractivity contribution in [2.45, 2.75) is 114 Å². The van der Waals surface area contributed by atoms with Gasteiger partial charge in [-0.15, -0.1) is 0 Å². The maximum Gasteiger partial charge on any atom is 0.246 e. The molecule has 39 heavy (non-hydrogen) atoms. The van der Waals surface area contributed by atoms with Gasteiger partial charge in [-0.25, -0.2) is 0 Å². The molecule has 1 spiro atoms. The summed E-state index contributed by atoms with van der Waals surface area (Å²) in [4.78, 5) is 44.0. The standard InChI is InChI=1S/C32H43N3O4/c1-19(2)21-13-15-22(16-14-21)33-29(36)26-25-17-18-32(39-25)27(26)31(38)35(23-10-5-4-6-11-23)28(32)30(37)34-24-12-8-7-9-20(24)3/h13-20,23-28H,4-12H2,1-3H3,(H,33,36)(H,34,37)/t20?,24?,25-,26?,27-,28?,32?/m0/s1.